The van der Waals surface area contributed by atoms with Crippen LogP contribution >= 0.6 is 0 Å². The van der Waals surface area contributed by atoms with Crippen LogP contribution in [0.1, 0.15) is 37.0 Å². The maximum atomic E-state index is 12.8. The summed E-state index contributed by atoms with van der Waals surface area (Å²) in [6, 6.07) is 16.7. The monoisotopic (exact) mass is 365 g/mol. The Bertz CT molecular complexity index is 873. The van der Waals surface area contributed by atoms with Crippen LogP contribution in [0.25, 0.3) is 11.4 Å². The van der Waals surface area contributed by atoms with E-state index in [9.17, 15) is 4.79 Å². The number of aromatic nitrogens is 2. The molecule has 1 aromatic heterocycles. The molecule has 1 heterocycles. The highest BCUT2D eigenvalue weighted by Gasteiger charge is 2.18. The van der Waals surface area contributed by atoms with Gasteiger partial charge < -0.3 is 14.2 Å². The van der Waals surface area contributed by atoms with Gasteiger partial charge in [-0.15, -0.1) is 0 Å². The number of ether oxygens (including phenoxy) is 1. The van der Waals surface area contributed by atoms with Gasteiger partial charge in [0, 0.05) is 17.7 Å². The molecule has 0 unspecified atom stereocenters. The lowest BCUT2D eigenvalue weighted by Crippen LogP contribution is -2.30. The average Bonchev–Trinajstić information content (AvgIpc) is 3.15. The molecule has 3 rings (SSSR count). The van der Waals surface area contributed by atoms with E-state index in [0.717, 1.165) is 11.3 Å². The Morgan fingerprint density at radius 3 is 2.44 bits per heavy atom. The van der Waals surface area contributed by atoms with Crippen LogP contribution in [0.2, 0.25) is 0 Å². The maximum Gasteiger partial charge on any atom is 0.254 e. The number of carbonyl (C=O) groups is 1. The number of benzene rings is 2. The van der Waals surface area contributed by atoms with E-state index in [2.05, 4.69) is 10.1 Å². The van der Waals surface area contributed by atoms with Crippen LogP contribution in [-0.4, -0.2) is 33.6 Å². The van der Waals surface area contributed by atoms with Gasteiger partial charge in [0.1, 0.15) is 12.3 Å². The van der Waals surface area contributed by atoms with Crippen LogP contribution < -0.4 is 4.74 Å². The molecule has 0 N–H and O–H groups in total. The molecule has 3 aromatic rings. The van der Waals surface area contributed by atoms with Crippen LogP contribution in [-0.2, 0) is 6.54 Å². The number of hydrogen-bond donors (Lipinski definition) is 0. The number of nitrogens with zero attached hydrogens (tertiary/aromatic N) is 3. The van der Waals surface area contributed by atoms with E-state index in [1.54, 1.807) is 29.2 Å². The number of carbonyl (C=O) groups excluding carboxylic acids is 1. The van der Waals surface area contributed by atoms with Crippen LogP contribution in [0.5, 0.6) is 5.75 Å². The van der Waals surface area contributed by atoms with Crippen molar-refractivity contribution in [1.29, 1.82) is 0 Å². The summed E-state index contributed by atoms with van der Waals surface area (Å²) < 4.78 is 10.9. The zero-order chi connectivity index (χ0) is 19.2. The van der Waals surface area contributed by atoms with E-state index in [1.165, 1.54) is 0 Å². The van der Waals surface area contributed by atoms with Crippen molar-refractivity contribution in [1.82, 2.24) is 15.0 Å². The minimum absolute atomic E-state index is 0.0898. The molecule has 0 spiro atoms. The molecule has 0 bridgehead atoms. The zero-order valence-corrected chi connectivity index (χ0v) is 15.8. The van der Waals surface area contributed by atoms with E-state index >= 15 is 0 Å². The molecule has 6 nitrogen and oxygen atoms in total. The van der Waals surface area contributed by atoms with Crippen LogP contribution in [0, 0.1) is 0 Å². The van der Waals surface area contributed by atoms with Crippen molar-refractivity contribution in [2.45, 2.75) is 33.4 Å². The number of hydrogen-bond acceptors (Lipinski definition) is 5. The van der Waals surface area contributed by atoms with E-state index in [1.807, 2.05) is 51.1 Å². The molecular weight excluding hydrogens is 342 g/mol. The highest BCUT2D eigenvalue weighted by Crippen LogP contribution is 2.18. The minimum Gasteiger partial charge on any atom is -0.491 e. The first-order valence-electron chi connectivity index (χ1n) is 9.00. The van der Waals surface area contributed by atoms with Gasteiger partial charge in [0.2, 0.25) is 11.7 Å². The molecule has 1 amide bonds. The molecule has 0 fully saturated rings. The van der Waals surface area contributed by atoms with Gasteiger partial charge in [-0.25, -0.2) is 0 Å². The molecule has 27 heavy (non-hydrogen) atoms. The maximum absolute atomic E-state index is 12.8. The topological polar surface area (TPSA) is 68.5 Å². The van der Waals surface area contributed by atoms with Crippen LogP contribution in [0.4, 0.5) is 0 Å². The summed E-state index contributed by atoms with van der Waals surface area (Å²) in [5.41, 5.74) is 1.47. The van der Waals surface area contributed by atoms with Gasteiger partial charge in [-0.2, -0.15) is 4.98 Å². The summed E-state index contributed by atoms with van der Waals surface area (Å²) in [7, 11) is 0. The lowest BCUT2D eigenvalue weighted by Gasteiger charge is -2.19. The average molecular weight is 365 g/mol. The van der Waals surface area contributed by atoms with Crippen molar-refractivity contribution in [3.63, 3.8) is 0 Å². The van der Waals surface area contributed by atoms with Crippen molar-refractivity contribution >= 4 is 5.91 Å². The summed E-state index contributed by atoms with van der Waals surface area (Å²) >= 11 is 0. The molecular formula is C21H23N3O3. The van der Waals surface area contributed by atoms with Crippen LogP contribution in [0.3, 0.4) is 0 Å². The molecule has 6 heteroatoms. The van der Waals surface area contributed by atoms with Crippen LogP contribution in [0.15, 0.2) is 59.1 Å². The van der Waals surface area contributed by atoms with Crippen molar-refractivity contribution in [3.05, 3.63) is 66.1 Å². The van der Waals surface area contributed by atoms with Crippen molar-refractivity contribution in [2.75, 3.05) is 6.54 Å². The van der Waals surface area contributed by atoms with E-state index in [4.69, 9.17) is 9.26 Å². The first kappa shape index (κ1) is 18.6. The van der Waals surface area contributed by atoms with Gasteiger partial charge >= 0.3 is 0 Å². The fourth-order valence-electron chi connectivity index (χ4n) is 2.64. The van der Waals surface area contributed by atoms with Crippen molar-refractivity contribution in [3.8, 4) is 17.1 Å². The zero-order valence-electron chi connectivity index (χ0n) is 15.8. The summed E-state index contributed by atoms with van der Waals surface area (Å²) in [5, 5.41) is 4.00. The second-order valence-electron chi connectivity index (χ2n) is 6.39. The standard InChI is InChI=1S/C21H23N3O3/c1-4-24(21(25)17-10-12-18(13-11-17)26-15(2)3)14-19-22-20(23-27-19)16-8-6-5-7-9-16/h5-13,15H,4,14H2,1-3H3. The molecule has 0 radical (unpaired) electrons. The number of amides is 1. The molecule has 0 saturated carbocycles. The molecule has 0 saturated heterocycles. The Morgan fingerprint density at radius 2 is 1.81 bits per heavy atom. The highest BCUT2D eigenvalue weighted by atomic mass is 16.5. The summed E-state index contributed by atoms with van der Waals surface area (Å²) in [6.45, 7) is 6.64. The van der Waals surface area contributed by atoms with Gasteiger partial charge in [-0.3, -0.25) is 4.79 Å². The lowest BCUT2D eigenvalue weighted by atomic mass is 10.2. The largest absolute Gasteiger partial charge is 0.491 e. The molecule has 0 aliphatic carbocycles. The smallest absolute Gasteiger partial charge is 0.254 e. The fourth-order valence-corrected chi connectivity index (χ4v) is 2.64. The molecule has 0 atom stereocenters. The van der Waals surface area contributed by atoms with Crippen molar-refractivity contribution < 1.29 is 14.1 Å². The van der Waals surface area contributed by atoms with E-state index < -0.39 is 0 Å². The first-order chi connectivity index (χ1) is 13.1. The Labute approximate surface area is 158 Å². The molecule has 0 aliphatic rings. The SMILES string of the molecule is CCN(Cc1nc(-c2ccccc2)no1)C(=O)c1ccc(OC(C)C)cc1. The summed E-state index contributed by atoms with van der Waals surface area (Å²) in [4.78, 5) is 18.9. The third kappa shape index (κ3) is 4.73. The molecule has 2 aromatic carbocycles. The molecule has 0 aliphatic heterocycles. The Balaban J connectivity index is 1.70. The predicted octanol–water partition coefficient (Wildman–Crippen LogP) is 4.19. The quantitative estimate of drug-likeness (QED) is 0.628. The normalized spacial score (nSPS) is 10.8. The van der Waals surface area contributed by atoms with E-state index in [0.29, 0.717) is 23.8 Å². The van der Waals surface area contributed by atoms with Gasteiger partial charge in [0.15, 0.2) is 0 Å². The summed E-state index contributed by atoms with van der Waals surface area (Å²) in [5.74, 6) is 1.58. The number of rotatable bonds is 7. The second-order valence-corrected chi connectivity index (χ2v) is 6.39. The third-order valence-corrected chi connectivity index (χ3v) is 3.97. The second kappa shape index (κ2) is 8.49. The van der Waals surface area contributed by atoms with Gasteiger partial charge in [0.25, 0.3) is 5.91 Å². The predicted molar refractivity (Wildman–Crippen MR) is 102 cm³/mol. The summed E-state index contributed by atoms with van der Waals surface area (Å²) in [6.07, 6.45) is 0.0926. The minimum atomic E-state index is -0.0898. The fraction of sp³-hybridized carbons (Fsp3) is 0.286. The Hall–Kier alpha value is -3.15. The van der Waals surface area contributed by atoms with Gasteiger partial charge in [-0.1, -0.05) is 35.5 Å². The Kier molecular flexibility index (Phi) is 5.86. The lowest BCUT2D eigenvalue weighted by molar-refractivity contribution is 0.0734. The van der Waals surface area contributed by atoms with Gasteiger partial charge in [0.05, 0.1) is 6.10 Å². The van der Waals surface area contributed by atoms with Gasteiger partial charge in [-0.05, 0) is 45.0 Å². The first-order valence-corrected chi connectivity index (χ1v) is 9.00. The van der Waals surface area contributed by atoms with Crippen molar-refractivity contribution in [2.24, 2.45) is 0 Å². The Morgan fingerprint density at radius 1 is 1.11 bits per heavy atom. The highest BCUT2D eigenvalue weighted by molar-refractivity contribution is 5.94. The molecule has 140 valence electrons. The third-order valence-electron chi connectivity index (χ3n) is 3.97. The van der Waals surface area contributed by atoms with E-state index in [-0.39, 0.29) is 18.6 Å².